The van der Waals surface area contributed by atoms with Crippen molar-refractivity contribution in [2.24, 2.45) is 5.84 Å². The first-order valence-corrected chi connectivity index (χ1v) is 2.76. The van der Waals surface area contributed by atoms with Gasteiger partial charge in [0.1, 0.15) is 6.61 Å². The predicted molar refractivity (Wildman–Crippen MR) is 33.5 cm³/mol. The average molecular weight is 132 g/mol. The summed E-state index contributed by atoms with van der Waals surface area (Å²) in [7, 11) is 1.46. The number of hydrogen-bond acceptors (Lipinski definition) is 3. The highest BCUT2D eigenvalue weighted by Gasteiger charge is 2.03. The summed E-state index contributed by atoms with van der Waals surface area (Å²) >= 11 is 0. The number of ether oxygens (including phenoxy) is 1. The van der Waals surface area contributed by atoms with Gasteiger partial charge in [0.15, 0.2) is 0 Å². The molecule has 0 aromatic rings. The highest BCUT2D eigenvalue weighted by Crippen LogP contribution is 1.78. The molecule has 0 aromatic carbocycles. The molecule has 0 spiro atoms. The lowest BCUT2D eigenvalue weighted by Crippen LogP contribution is -2.39. The molecule has 54 valence electrons. The molecule has 0 aliphatic heterocycles. The van der Waals surface area contributed by atoms with Crippen LogP contribution < -0.4 is 5.84 Å². The lowest BCUT2D eigenvalue weighted by molar-refractivity contribution is -0.135. The van der Waals surface area contributed by atoms with Gasteiger partial charge in [-0.3, -0.25) is 9.80 Å². The van der Waals surface area contributed by atoms with Crippen molar-refractivity contribution in [1.29, 1.82) is 0 Å². The van der Waals surface area contributed by atoms with Crippen LogP contribution in [0.3, 0.4) is 0 Å². The highest BCUT2D eigenvalue weighted by molar-refractivity contribution is 5.76. The van der Waals surface area contributed by atoms with E-state index in [1.807, 2.05) is 0 Å². The van der Waals surface area contributed by atoms with Crippen LogP contribution in [0.4, 0.5) is 0 Å². The standard InChI is InChI=1S/C5H12N2O2/c1-3-7(6)5(8)4-9-2/h3-4,6H2,1-2H3. The lowest BCUT2D eigenvalue weighted by atomic mass is 10.6. The van der Waals surface area contributed by atoms with E-state index in [4.69, 9.17) is 5.84 Å². The third-order valence-electron chi connectivity index (χ3n) is 0.929. The molecule has 0 saturated carbocycles. The number of likely N-dealkylation sites (N-methyl/N-ethyl adjacent to an activating group) is 1. The molecule has 0 rings (SSSR count). The summed E-state index contributed by atoms with van der Waals surface area (Å²) in [5.41, 5.74) is 0. The van der Waals surface area contributed by atoms with Crippen molar-refractivity contribution >= 4 is 5.91 Å². The Balaban J connectivity index is 3.46. The fourth-order valence-corrected chi connectivity index (χ4v) is 0.383. The van der Waals surface area contributed by atoms with Gasteiger partial charge in [0.2, 0.25) is 0 Å². The lowest BCUT2D eigenvalue weighted by Gasteiger charge is -2.12. The van der Waals surface area contributed by atoms with Crippen LogP contribution >= 0.6 is 0 Å². The molecule has 0 aliphatic rings. The Bertz CT molecular complexity index is 95.0. The van der Waals surface area contributed by atoms with E-state index in [1.54, 1.807) is 6.92 Å². The van der Waals surface area contributed by atoms with Crippen LogP contribution in [-0.4, -0.2) is 31.2 Å². The Morgan fingerprint density at radius 3 is 2.67 bits per heavy atom. The van der Waals surface area contributed by atoms with E-state index in [9.17, 15) is 4.79 Å². The number of methoxy groups -OCH3 is 1. The number of rotatable bonds is 3. The first kappa shape index (κ1) is 8.39. The van der Waals surface area contributed by atoms with E-state index in [2.05, 4.69) is 4.74 Å². The van der Waals surface area contributed by atoms with E-state index in [-0.39, 0.29) is 12.5 Å². The van der Waals surface area contributed by atoms with Crippen molar-refractivity contribution in [2.75, 3.05) is 20.3 Å². The number of hydrogen-bond donors (Lipinski definition) is 1. The summed E-state index contributed by atoms with van der Waals surface area (Å²) in [6.45, 7) is 2.38. The summed E-state index contributed by atoms with van der Waals surface area (Å²) in [6.07, 6.45) is 0. The summed E-state index contributed by atoms with van der Waals surface area (Å²) in [5, 5.41) is 1.11. The smallest absolute Gasteiger partial charge is 0.262 e. The molecule has 0 saturated heterocycles. The van der Waals surface area contributed by atoms with Gasteiger partial charge in [0.05, 0.1) is 0 Å². The summed E-state index contributed by atoms with van der Waals surface area (Å²) in [4.78, 5) is 10.6. The first-order chi connectivity index (χ1) is 4.22. The average Bonchev–Trinajstić information content (AvgIpc) is 1.87. The van der Waals surface area contributed by atoms with Gasteiger partial charge in [-0.25, -0.2) is 5.84 Å². The van der Waals surface area contributed by atoms with Gasteiger partial charge >= 0.3 is 0 Å². The van der Waals surface area contributed by atoms with Crippen LogP contribution in [-0.2, 0) is 9.53 Å². The molecule has 0 radical (unpaired) electrons. The van der Waals surface area contributed by atoms with Crippen LogP contribution in [0, 0.1) is 0 Å². The molecule has 0 heterocycles. The Kier molecular flexibility index (Phi) is 4.00. The molecule has 0 fully saturated rings. The zero-order chi connectivity index (χ0) is 7.28. The molecule has 0 aliphatic carbocycles. The second-order valence-electron chi connectivity index (χ2n) is 1.61. The van der Waals surface area contributed by atoms with Gasteiger partial charge in [-0.2, -0.15) is 0 Å². The van der Waals surface area contributed by atoms with Crippen molar-refractivity contribution in [2.45, 2.75) is 6.92 Å². The molecule has 4 nitrogen and oxygen atoms in total. The summed E-state index contributed by atoms with van der Waals surface area (Å²) in [5.74, 6) is 5.01. The van der Waals surface area contributed by atoms with Crippen LogP contribution in [0.25, 0.3) is 0 Å². The normalized spacial score (nSPS) is 9.22. The minimum atomic E-state index is -0.194. The maximum atomic E-state index is 10.6. The molecule has 2 N–H and O–H groups in total. The van der Waals surface area contributed by atoms with Crippen molar-refractivity contribution in [3.8, 4) is 0 Å². The zero-order valence-electron chi connectivity index (χ0n) is 5.76. The second-order valence-corrected chi connectivity index (χ2v) is 1.61. The topological polar surface area (TPSA) is 55.6 Å². The van der Waals surface area contributed by atoms with Gasteiger partial charge in [-0.05, 0) is 6.92 Å². The maximum Gasteiger partial charge on any atom is 0.262 e. The predicted octanol–water partition coefficient (Wildman–Crippen LogP) is -0.645. The fraction of sp³-hybridized carbons (Fsp3) is 0.800. The summed E-state index contributed by atoms with van der Waals surface area (Å²) < 4.78 is 4.56. The van der Waals surface area contributed by atoms with Gasteiger partial charge in [-0.15, -0.1) is 0 Å². The third kappa shape index (κ3) is 3.05. The zero-order valence-corrected chi connectivity index (χ0v) is 5.76. The van der Waals surface area contributed by atoms with Gasteiger partial charge in [0, 0.05) is 13.7 Å². The number of nitrogens with two attached hydrogens (primary N) is 1. The second kappa shape index (κ2) is 4.29. The molecule has 0 bridgehead atoms. The molecule has 0 atom stereocenters. The Morgan fingerprint density at radius 2 is 2.33 bits per heavy atom. The van der Waals surface area contributed by atoms with E-state index in [0.717, 1.165) is 5.01 Å². The largest absolute Gasteiger partial charge is 0.375 e. The Hall–Kier alpha value is -0.610. The van der Waals surface area contributed by atoms with Gasteiger partial charge < -0.3 is 4.74 Å². The minimum Gasteiger partial charge on any atom is -0.375 e. The van der Waals surface area contributed by atoms with Crippen molar-refractivity contribution in [1.82, 2.24) is 5.01 Å². The molecule has 1 amide bonds. The Morgan fingerprint density at radius 1 is 1.78 bits per heavy atom. The summed E-state index contributed by atoms with van der Waals surface area (Å²) in [6, 6.07) is 0. The quantitative estimate of drug-likeness (QED) is 0.315. The van der Waals surface area contributed by atoms with Crippen LogP contribution in [0.15, 0.2) is 0 Å². The first-order valence-electron chi connectivity index (χ1n) is 2.76. The van der Waals surface area contributed by atoms with E-state index in [0.29, 0.717) is 6.54 Å². The van der Waals surface area contributed by atoms with Crippen LogP contribution in [0.2, 0.25) is 0 Å². The number of amides is 1. The molecular weight excluding hydrogens is 120 g/mol. The van der Waals surface area contributed by atoms with Crippen LogP contribution in [0.1, 0.15) is 6.92 Å². The monoisotopic (exact) mass is 132 g/mol. The van der Waals surface area contributed by atoms with E-state index < -0.39 is 0 Å². The number of carbonyl (C=O) groups is 1. The molecule has 9 heavy (non-hydrogen) atoms. The van der Waals surface area contributed by atoms with E-state index in [1.165, 1.54) is 7.11 Å². The fourth-order valence-electron chi connectivity index (χ4n) is 0.383. The van der Waals surface area contributed by atoms with Gasteiger partial charge in [0.25, 0.3) is 5.91 Å². The number of carbonyl (C=O) groups excluding carboxylic acids is 1. The SMILES string of the molecule is CCN(N)C(=O)COC. The number of nitrogens with zero attached hydrogens (tertiary/aromatic N) is 1. The third-order valence-corrected chi connectivity index (χ3v) is 0.929. The molecule has 0 aromatic heterocycles. The molecule has 4 heteroatoms. The van der Waals surface area contributed by atoms with E-state index >= 15 is 0 Å². The van der Waals surface area contributed by atoms with Gasteiger partial charge in [-0.1, -0.05) is 0 Å². The van der Waals surface area contributed by atoms with Crippen LogP contribution in [0.5, 0.6) is 0 Å². The number of hydrazine groups is 1. The maximum absolute atomic E-state index is 10.6. The highest BCUT2D eigenvalue weighted by atomic mass is 16.5. The molecular formula is C5H12N2O2. The minimum absolute atomic E-state index is 0.0599. The molecule has 0 unspecified atom stereocenters. The van der Waals surface area contributed by atoms with Crippen molar-refractivity contribution in [3.05, 3.63) is 0 Å². The van der Waals surface area contributed by atoms with Crippen molar-refractivity contribution in [3.63, 3.8) is 0 Å². The Labute approximate surface area is 54.5 Å². The van der Waals surface area contributed by atoms with Crippen molar-refractivity contribution < 1.29 is 9.53 Å².